The second-order valence-electron chi connectivity index (χ2n) is 5.28. The van der Waals surface area contributed by atoms with Crippen LogP contribution in [0.3, 0.4) is 0 Å². The quantitative estimate of drug-likeness (QED) is 0.704. The Labute approximate surface area is 151 Å². The monoisotopic (exact) mass is 378 g/mol. The number of ether oxygens (including phenoxy) is 2. The summed E-state index contributed by atoms with van der Waals surface area (Å²) in [5, 5.41) is 0. The number of amides is 1. The molecule has 0 saturated carbocycles. The van der Waals surface area contributed by atoms with E-state index in [0.717, 1.165) is 6.07 Å². The van der Waals surface area contributed by atoms with Crippen molar-refractivity contribution in [2.45, 2.75) is 17.9 Å². The average Bonchev–Trinajstić information content (AvgIpc) is 2.61. The van der Waals surface area contributed by atoms with Crippen molar-refractivity contribution in [3.05, 3.63) is 54.1 Å². The highest BCUT2D eigenvalue weighted by molar-refractivity contribution is 7.92. The number of carbonyl (C=O) groups is 2. The second kappa shape index (κ2) is 7.87. The summed E-state index contributed by atoms with van der Waals surface area (Å²) in [5.74, 6) is -1.31. The number of esters is 1. The highest BCUT2D eigenvalue weighted by Gasteiger charge is 2.20. The predicted octanol–water partition coefficient (Wildman–Crippen LogP) is 1.53. The van der Waals surface area contributed by atoms with Gasteiger partial charge in [0.1, 0.15) is 5.75 Å². The lowest BCUT2D eigenvalue weighted by molar-refractivity contribution is -0.125. The summed E-state index contributed by atoms with van der Waals surface area (Å²) in [6, 6.07) is 11.7. The minimum Gasteiger partial charge on any atom is -0.495 e. The van der Waals surface area contributed by atoms with Crippen LogP contribution in [0, 0.1) is 0 Å². The third-order valence-electron chi connectivity index (χ3n) is 3.42. The molecule has 1 atom stereocenters. The van der Waals surface area contributed by atoms with E-state index < -0.39 is 28.0 Å². The topological polar surface area (TPSA) is 125 Å². The molecule has 26 heavy (non-hydrogen) atoms. The molecule has 0 aromatic heterocycles. The summed E-state index contributed by atoms with van der Waals surface area (Å²) in [7, 11) is -2.56. The van der Waals surface area contributed by atoms with Gasteiger partial charge in [0.25, 0.3) is 15.9 Å². The van der Waals surface area contributed by atoms with Gasteiger partial charge in [0, 0.05) is 0 Å². The Morgan fingerprint density at radius 3 is 2.46 bits per heavy atom. The van der Waals surface area contributed by atoms with Crippen LogP contribution < -0.4 is 15.2 Å². The summed E-state index contributed by atoms with van der Waals surface area (Å²) < 4.78 is 37.5. The van der Waals surface area contributed by atoms with Crippen molar-refractivity contribution in [1.29, 1.82) is 0 Å². The maximum atomic E-state index is 12.6. The molecule has 0 aliphatic carbocycles. The molecule has 0 heterocycles. The number of benzene rings is 2. The van der Waals surface area contributed by atoms with E-state index in [0.29, 0.717) is 5.75 Å². The number of primary amides is 1. The van der Waals surface area contributed by atoms with Crippen LogP contribution in [-0.4, -0.2) is 33.5 Å². The first-order valence-electron chi connectivity index (χ1n) is 7.51. The summed E-state index contributed by atoms with van der Waals surface area (Å²) in [6.07, 6.45) is -1.13. The van der Waals surface area contributed by atoms with E-state index in [1.807, 2.05) is 0 Å². The van der Waals surface area contributed by atoms with Crippen LogP contribution in [0.2, 0.25) is 0 Å². The Hall–Kier alpha value is -3.07. The molecule has 2 aromatic rings. The third kappa shape index (κ3) is 4.51. The molecular weight excluding hydrogens is 360 g/mol. The molecular formula is C17H18N2O6S. The summed E-state index contributed by atoms with van der Waals surface area (Å²) in [4.78, 5) is 22.9. The van der Waals surface area contributed by atoms with E-state index in [-0.39, 0.29) is 16.1 Å². The molecule has 9 heteroatoms. The minimum atomic E-state index is -3.98. The van der Waals surface area contributed by atoms with Crippen molar-refractivity contribution in [3.8, 4) is 5.75 Å². The Balaban J connectivity index is 2.28. The SMILES string of the molecule is COc1ccccc1NS(=O)(=O)c1cccc(C(=O)OC(C)C(N)=O)c1. The van der Waals surface area contributed by atoms with Crippen LogP contribution >= 0.6 is 0 Å². The van der Waals surface area contributed by atoms with Crippen LogP contribution in [0.15, 0.2) is 53.4 Å². The first-order chi connectivity index (χ1) is 12.2. The van der Waals surface area contributed by atoms with E-state index in [1.165, 1.54) is 32.2 Å². The van der Waals surface area contributed by atoms with Gasteiger partial charge in [-0.2, -0.15) is 0 Å². The highest BCUT2D eigenvalue weighted by Crippen LogP contribution is 2.26. The summed E-state index contributed by atoms with van der Waals surface area (Å²) in [6.45, 7) is 1.32. The molecule has 0 saturated heterocycles. The van der Waals surface area contributed by atoms with E-state index in [4.69, 9.17) is 15.2 Å². The largest absolute Gasteiger partial charge is 0.495 e. The molecule has 0 spiro atoms. The molecule has 0 aliphatic rings. The second-order valence-corrected chi connectivity index (χ2v) is 6.97. The fraction of sp³-hybridized carbons (Fsp3) is 0.176. The maximum Gasteiger partial charge on any atom is 0.338 e. The number of rotatable bonds is 7. The van der Waals surface area contributed by atoms with Gasteiger partial charge < -0.3 is 15.2 Å². The molecule has 0 radical (unpaired) electrons. The number of carbonyl (C=O) groups excluding carboxylic acids is 2. The lowest BCUT2D eigenvalue weighted by atomic mass is 10.2. The fourth-order valence-electron chi connectivity index (χ4n) is 2.01. The zero-order valence-corrected chi connectivity index (χ0v) is 14.9. The number of para-hydroxylation sites is 2. The van der Waals surface area contributed by atoms with E-state index >= 15 is 0 Å². The van der Waals surface area contributed by atoms with Gasteiger partial charge in [-0.15, -0.1) is 0 Å². The van der Waals surface area contributed by atoms with Gasteiger partial charge in [-0.25, -0.2) is 13.2 Å². The smallest absolute Gasteiger partial charge is 0.338 e. The third-order valence-corrected chi connectivity index (χ3v) is 4.78. The van der Waals surface area contributed by atoms with Crippen LogP contribution in [-0.2, 0) is 19.6 Å². The fourth-order valence-corrected chi connectivity index (χ4v) is 3.13. The highest BCUT2D eigenvalue weighted by atomic mass is 32.2. The summed E-state index contributed by atoms with van der Waals surface area (Å²) >= 11 is 0. The Bertz CT molecular complexity index is 926. The van der Waals surface area contributed by atoms with Gasteiger partial charge in [-0.1, -0.05) is 18.2 Å². The van der Waals surface area contributed by atoms with Gasteiger partial charge in [0.15, 0.2) is 6.10 Å². The van der Waals surface area contributed by atoms with Crippen molar-refractivity contribution >= 4 is 27.6 Å². The normalized spacial score (nSPS) is 12.1. The lowest BCUT2D eigenvalue weighted by Gasteiger charge is -2.13. The molecule has 0 fully saturated rings. The van der Waals surface area contributed by atoms with Gasteiger partial charge in [0.05, 0.1) is 23.3 Å². The van der Waals surface area contributed by atoms with Crippen molar-refractivity contribution in [2.75, 3.05) is 11.8 Å². The van der Waals surface area contributed by atoms with Gasteiger partial charge in [0.2, 0.25) is 0 Å². The van der Waals surface area contributed by atoms with Crippen LogP contribution in [0.25, 0.3) is 0 Å². The zero-order chi connectivity index (χ0) is 19.3. The van der Waals surface area contributed by atoms with Crippen molar-refractivity contribution in [2.24, 2.45) is 5.73 Å². The zero-order valence-electron chi connectivity index (χ0n) is 14.1. The number of methoxy groups -OCH3 is 1. The van der Waals surface area contributed by atoms with Gasteiger partial charge in [-0.3, -0.25) is 9.52 Å². The van der Waals surface area contributed by atoms with Gasteiger partial charge >= 0.3 is 5.97 Å². The van der Waals surface area contributed by atoms with Crippen LogP contribution in [0.5, 0.6) is 5.75 Å². The Morgan fingerprint density at radius 2 is 1.81 bits per heavy atom. The standard InChI is InChI=1S/C17H18N2O6S/c1-11(16(18)20)25-17(21)12-6-5-7-13(10-12)26(22,23)19-14-8-3-4-9-15(14)24-2/h3-11,19H,1-2H3,(H2,18,20). The molecule has 138 valence electrons. The Morgan fingerprint density at radius 1 is 1.12 bits per heavy atom. The van der Waals surface area contributed by atoms with E-state index in [2.05, 4.69) is 4.72 Å². The minimum absolute atomic E-state index is 0.0269. The molecule has 8 nitrogen and oxygen atoms in total. The molecule has 3 N–H and O–H groups in total. The number of nitrogens with one attached hydrogen (secondary N) is 1. The summed E-state index contributed by atoms with van der Waals surface area (Å²) in [5.41, 5.74) is 5.27. The van der Waals surface area contributed by atoms with Gasteiger partial charge in [-0.05, 0) is 37.3 Å². The van der Waals surface area contributed by atoms with Crippen molar-refractivity contribution < 1.29 is 27.5 Å². The molecule has 0 bridgehead atoms. The number of nitrogens with two attached hydrogens (primary N) is 1. The number of anilines is 1. The van der Waals surface area contributed by atoms with Crippen molar-refractivity contribution in [3.63, 3.8) is 0 Å². The van der Waals surface area contributed by atoms with E-state index in [1.54, 1.807) is 24.3 Å². The number of sulfonamides is 1. The van der Waals surface area contributed by atoms with Crippen LogP contribution in [0.4, 0.5) is 5.69 Å². The average molecular weight is 378 g/mol. The molecule has 2 rings (SSSR count). The van der Waals surface area contributed by atoms with Crippen molar-refractivity contribution in [1.82, 2.24) is 0 Å². The number of hydrogen-bond acceptors (Lipinski definition) is 6. The first kappa shape index (κ1) is 19.3. The van der Waals surface area contributed by atoms with Crippen LogP contribution in [0.1, 0.15) is 17.3 Å². The molecule has 1 amide bonds. The first-order valence-corrected chi connectivity index (χ1v) is 8.99. The molecule has 2 aromatic carbocycles. The lowest BCUT2D eigenvalue weighted by Crippen LogP contribution is -2.30. The molecule has 1 unspecified atom stereocenters. The Kier molecular flexibility index (Phi) is 5.83. The molecule has 0 aliphatic heterocycles. The number of hydrogen-bond donors (Lipinski definition) is 2. The van der Waals surface area contributed by atoms with E-state index in [9.17, 15) is 18.0 Å². The predicted molar refractivity (Wildman–Crippen MR) is 94.3 cm³/mol. The maximum absolute atomic E-state index is 12.6.